The second-order valence-electron chi connectivity index (χ2n) is 5.96. The number of ether oxygens (including phenoxy) is 2. The lowest BCUT2D eigenvalue weighted by molar-refractivity contribution is -0.126. The van der Waals surface area contributed by atoms with Crippen LogP contribution < -0.4 is 9.47 Å². The number of rotatable bonds is 4. The van der Waals surface area contributed by atoms with Crippen molar-refractivity contribution >= 4 is 12.0 Å². The topological polar surface area (TPSA) is 38.8 Å². The zero-order chi connectivity index (χ0) is 16.9. The van der Waals surface area contributed by atoms with E-state index in [1.165, 1.54) is 5.56 Å². The minimum absolute atomic E-state index is 0.0565. The Morgan fingerprint density at radius 3 is 2.79 bits per heavy atom. The first kappa shape index (κ1) is 16.1. The van der Waals surface area contributed by atoms with Crippen molar-refractivity contribution in [2.45, 2.75) is 13.0 Å². The van der Waals surface area contributed by atoms with E-state index in [0.29, 0.717) is 13.2 Å². The van der Waals surface area contributed by atoms with Crippen molar-refractivity contribution in [1.82, 2.24) is 4.90 Å². The fourth-order valence-corrected chi connectivity index (χ4v) is 2.62. The minimum atomic E-state index is -0.166. The zero-order valence-electron chi connectivity index (χ0n) is 13.9. The summed E-state index contributed by atoms with van der Waals surface area (Å²) in [5.41, 5.74) is 2.19. The third kappa shape index (κ3) is 3.96. The first-order valence-electron chi connectivity index (χ1n) is 8.00. The summed E-state index contributed by atoms with van der Waals surface area (Å²) >= 11 is 0. The summed E-state index contributed by atoms with van der Waals surface area (Å²) in [4.78, 5) is 13.9. The number of benzene rings is 2. The average molecular weight is 323 g/mol. The molecule has 1 aliphatic heterocycles. The van der Waals surface area contributed by atoms with E-state index in [-0.39, 0.29) is 12.0 Å². The Morgan fingerprint density at radius 2 is 2.00 bits per heavy atom. The van der Waals surface area contributed by atoms with Crippen LogP contribution in [-0.2, 0) is 4.79 Å². The van der Waals surface area contributed by atoms with Gasteiger partial charge in [0.25, 0.3) is 0 Å². The van der Waals surface area contributed by atoms with Gasteiger partial charge in [-0.1, -0.05) is 42.0 Å². The lowest BCUT2D eigenvalue weighted by atomic mass is 10.1. The van der Waals surface area contributed by atoms with Crippen LogP contribution in [0.15, 0.2) is 54.6 Å². The van der Waals surface area contributed by atoms with Gasteiger partial charge in [0.1, 0.15) is 6.61 Å². The maximum atomic E-state index is 12.3. The number of likely N-dealkylation sites (N-methyl/N-ethyl adjacent to an activating group) is 1. The molecule has 0 bridgehead atoms. The van der Waals surface area contributed by atoms with Gasteiger partial charge in [-0.05, 0) is 30.7 Å². The van der Waals surface area contributed by atoms with Crippen LogP contribution in [0.2, 0.25) is 0 Å². The molecule has 1 atom stereocenters. The van der Waals surface area contributed by atoms with Crippen LogP contribution in [0.25, 0.3) is 6.08 Å². The van der Waals surface area contributed by atoms with Crippen molar-refractivity contribution in [3.63, 3.8) is 0 Å². The predicted octanol–water partition coefficient (Wildman–Crippen LogP) is 3.31. The summed E-state index contributed by atoms with van der Waals surface area (Å²) in [6.07, 6.45) is 3.26. The minimum Gasteiger partial charge on any atom is -0.486 e. The molecule has 124 valence electrons. The van der Waals surface area contributed by atoms with Gasteiger partial charge in [0.15, 0.2) is 17.6 Å². The molecule has 2 aromatic rings. The molecule has 1 unspecified atom stereocenters. The van der Waals surface area contributed by atoms with Crippen LogP contribution in [0.1, 0.15) is 11.1 Å². The Morgan fingerprint density at radius 1 is 1.21 bits per heavy atom. The number of fused-ring (bicyclic) bond motifs is 1. The van der Waals surface area contributed by atoms with E-state index < -0.39 is 0 Å². The molecule has 0 saturated heterocycles. The number of hydrogen-bond donors (Lipinski definition) is 0. The molecular weight excluding hydrogens is 302 g/mol. The van der Waals surface area contributed by atoms with Gasteiger partial charge in [0.2, 0.25) is 5.91 Å². The van der Waals surface area contributed by atoms with Crippen molar-refractivity contribution in [2.24, 2.45) is 0 Å². The number of amides is 1. The van der Waals surface area contributed by atoms with Crippen LogP contribution >= 0.6 is 0 Å². The molecule has 4 heteroatoms. The largest absolute Gasteiger partial charge is 0.486 e. The van der Waals surface area contributed by atoms with Gasteiger partial charge < -0.3 is 14.4 Å². The maximum absolute atomic E-state index is 12.3. The van der Waals surface area contributed by atoms with E-state index >= 15 is 0 Å². The number of aryl methyl sites for hydroxylation is 1. The van der Waals surface area contributed by atoms with Crippen LogP contribution in [0.5, 0.6) is 11.5 Å². The molecule has 0 saturated carbocycles. The smallest absolute Gasteiger partial charge is 0.246 e. The van der Waals surface area contributed by atoms with E-state index in [9.17, 15) is 4.79 Å². The third-order valence-electron chi connectivity index (χ3n) is 3.88. The van der Waals surface area contributed by atoms with Crippen LogP contribution in [0.3, 0.4) is 0 Å². The van der Waals surface area contributed by atoms with Gasteiger partial charge in [0, 0.05) is 13.1 Å². The Balaban J connectivity index is 1.57. The SMILES string of the molecule is Cc1cccc(/C=C/C(=O)N(C)CC2COc3ccccc3O2)c1. The van der Waals surface area contributed by atoms with Crippen LogP contribution in [0, 0.1) is 6.92 Å². The van der Waals surface area contributed by atoms with E-state index in [1.807, 2.05) is 61.5 Å². The van der Waals surface area contributed by atoms with E-state index in [4.69, 9.17) is 9.47 Å². The molecule has 0 fully saturated rings. The lowest BCUT2D eigenvalue weighted by Crippen LogP contribution is -2.41. The zero-order valence-corrected chi connectivity index (χ0v) is 13.9. The van der Waals surface area contributed by atoms with Crippen molar-refractivity contribution in [3.8, 4) is 11.5 Å². The van der Waals surface area contributed by atoms with Gasteiger partial charge in [0.05, 0.1) is 6.54 Å². The van der Waals surface area contributed by atoms with Crippen molar-refractivity contribution < 1.29 is 14.3 Å². The summed E-state index contributed by atoms with van der Waals surface area (Å²) in [5, 5.41) is 0. The van der Waals surface area contributed by atoms with Gasteiger partial charge in [-0.15, -0.1) is 0 Å². The Hall–Kier alpha value is -2.75. The molecule has 0 radical (unpaired) electrons. The highest BCUT2D eigenvalue weighted by molar-refractivity contribution is 5.91. The number of nitrogens with zero attached hydrogens (tertiary/aromatic N) is 1. The van der Waals surface area contributed by atoms with Crippen molar-refractivity contribution in [3.05, 3.63) is 65.7 Å². The molecule has 1 aliphatic rings. The number of para-hydroxylation sites is 2. The molecule has 2 aromatic carbocycles. The molecule has 0 spiro atoms. The lowest BCUT2D eigenvalue weighted by Gasteiger charge is -2.29. The van der Waals surface area contributed by atoms with Crippen molar-refractivity contribution in [1.29, 1.82) is 0 Å². The highest BCUT2D eigenvalue weighted by Gasteiger charge is 2.22. The Bertz CT molecular complexity index is 754. The Kier molecular flexibility index (Phi) is 4.85. The highest BCUT2D eigenvalue weighted by atomic mass is 16.6. The second kappa shape index (κ2) is 7.21. The molecule has 0 N–H and O–H groups in total. The van der Waals surface area contributed by atoms with Gasteiger partial charge in [-0.3, -0.25) is 4.79 Å². The predicted molar refractivity (Wildman–Crippen MR) is 94.2 cm³/mol. The van der Waals surface area contributed by atoms with Gasteiger partial charge in [-0.2, -0.15) is 0 Å². The van der Waals surface area contributed by atoms with Crippen LogP contribution in [0.4, 0.5) is 0 Å². The molecule has 3 rings (SSSR count). The fourth-order valence-electron chi connectivity index (χ4n) is 2.62. The maximum Gasteiger partial charge on any atom is 0.246 e. The first-order valence-corrected chi connectivity index (χ1v) is 8.00. The first-order chi connectivity index (χ1) is 11.6. The third-order valence-corrected chi connectivity index (χ3v) is 3.88. The second-order valence-corrected chi connectivity index (χ2v) is 5.96. The number of hydrogen-bond acceptors (Lipinski definition) is 3. The fraction of sp³-hybridized carbons (Fsp3) is 0.250. The molecule has 0 aromatic heterocycles. The average Bonchev–Trinajstić information content (AvgIpc) is 2.59. The molecule has 1 heterocycles. The summed E-state index contributed by atoms with van der Waals surface area (Å²) < 4.78 is 11.6. The van der Waals surface area contributed by atoms with Crippen LogP contribution in [-0.4, -0.2) is 37.1 Å². The molecule has 1 amide bonds. The summed E-state index contributed by atoms with van der Waals surface area (Å²) in [5.74, 6) is 1.42. The normalized spacial score (nSPS) is 16.2. The summed E-state index contributed by atoms with van der Waals surface area (Å²) in [6.45, 7) is 2.95. The van der Waals surface area contributed by atoms with E-state index in [1.54, 1.807) is 18.0 Å². The van der Waals surface area contributed by atoms with E-state index in [2.05, 4.69) is 0 Å². The standard InChI is InChI=1S/C20H21NO3/c1-15-6-5-7-16(12-15)10-11-20(22)21(2)13-17-14-23-18-8-3-4-9-19(18)24-17/h3-12,17H,13-14H2,1-2H3/b11-10+. The molecule has 4 nitrogen and oxygen atoms in total. The summed E-state index contributed by atoms with van der Waals surface area (Å²) in [7, 11) is 1.77. The molecule has 24 heavy (non-hydrogen) atoms. The Labute approximate surface area is 142 Å². The van der Waals surface area contributed by atoms with Gasteiger partial charge >= 0.3 is 0 Å². The molecule has 0 aliphatic carbocycles. The van der Waals surface area contributed by atoms with Gasteiger partial charge in [-0.25, -0.2) is 0 Å². The number of carbonyl (C=O) groups is 1. The number of carbonyl (C=O) groups excluding carboxylic acids is 1. The summed E-state index contributed by atoms with van der Waals surface area (Å²) in [6, 6.07) is 15.6. The van der Waals surface area contributed by atoms with E-state index in [0.717, 1.165) is 17.1 Å². The highest BCUT2D eigenvalue weighted by Crippen LogP contribution is 2.30. The monoisotopic (exact) mass is 323 g/mol. The van der Waals surface area contributed by atoms with Crippen molar-refractivity contribution in [2.75, 3.05) is 20.2 Å². The quantitative estimate of drug-likeness (QED) is 0.810. The molecular formula is C20H21NO3.